The molecule has 1 saturated heterocycles. The lowest BCUT2D eigenvalue weighted by Gasteiger charge is -2.63. The van der Waals surface area contributed by atoms with Crippen LogP contribution in [0, 0.1) is 46.3 Å². The Balaban J connectivity index is 1.18. The minimum Gasteiger partial charge on any atom is -0.469 e. The Morgan fingerprint density at radius 3 is 2.34 bits per heavy atom. The number of nitrogens with one attached hydrogen (secondary N) is 1. The fraction of sp³-hybridized carbons (Fsp3) is 0.848. The van der Waals surface area contributed by atoms with Crippen molar-refractivity contribution in [3.8, 4) is 0 Å². The molecule has 0 aromatic carbocycles. The van der Waals surface area contributed by atoms with Gasteiger partial charge in [-0.2, -0.15) is 0 Å². The van der Waals surface area contributed by atoms with Gasteiger partial charge in [-0.3, -0.25) is 19.2 Å². The summed E-state index contributed by atoms with van der Waals surface area (Å²) in [6.07, 6.45) is 5.53. The molecule has 5 rings (SSSR count). The molecule has 1 aliphatic heterocycles. The van der Waals surface area contributed by atoms with Gasteiger partial charge in [-0.25, -0.2) is 4.79 Å². The van der Waals surface area contributed by atoms with Crippen LogP contribution in [-0.4, -0.2) is 70.3 Å². The highest BCUT2D eigenvalue weighted by Crippen LogP contribution is 2.68. The zero-order valence-electron chi connectivity index (χ0n) is 26.6. The second kappa shape index (κ2) is 12.7. The molecule has 0 unspecified atom stereocenters. The summed E-state index contributed by atoms with van der Waals surface area (Å²) in [6, 6.07) is -0.0765. The summed E-state index contributed by atoms with van der Waals surface area (Å²) in [5.74, 6) is -1.11. The highest BCUT2D eigenvalue weighted by molar-refractivity contribution is 6.01. The number of esters is 1. The number of nitrogens with zero attached hydrogens (tertiary/aromatic N) is 1. The van der Waals surface area contributed by atoms with Crippen LogP contribution in [0.1, 0.15) is 104 Å². The molecular formula is C33H50N2O9. The fourth-order valence-electron chi connectivity index (χ4n) is 10.3. The monoisotopic (exact) mass is 618 g/mol. The van der Waals surface area contributed by atoms with E-state index in [0.29, 0.717) is 24.3 Å². The van der Waals surface area contributed by atoms with E-state index in [2.05, 4.69) is 26.1 Å². The first-order chi connectivity index (χ1) is 20.8. The molecule has 0 aromatic rings. The highest BCUT2D eigenvalue weighted by atomic mass is 16.7. The van der Waals surface area contributed by atoms with E-state index < -0.39 is 30.0 Å². The minimum atomic E-state index is -0.795. The average Bonchev–Trinajstić information content (AvgIpc) is 3.50. The number of fused-ring (bicyclic) bond motifs is 5. The highest BCUT2D eigenvalue weighted by Gasteiger charge is 2.65. The third-order valence-corrected chi connectivity index (χ3v) is 12.7. The van der Waals surface area contributed by atoms with Gasteiger partial charge in [-0.05, 0) is 97.7 Å². The van der Waals surface area contributed by atoms with E-state index in [1.54, 1.807) is 0 Å². The van der Waals surface area contributed by atoms with Crippen LogP contribution < -0.4 is 5.32 Å². The van der Waals surface area contributed by atoms with Crippen molar-refractivity contribution in [1.29, 1.82) is 0 Å². The third-order valence-electron chi connectivity index (χ3n) is 12.7. The summed E-state index contributed by atoms with van der Waals surface area (Å²) in [5.41, 5.74) is -0.358. The number of hydrogen-bond acceptors (Lipinski definition) is 9. The molecule has 5 aliphatic rings. The summed E-state index contributed by atoms with van der Waals surface area (Å²) < 4.78 is 4.86. The standard InChI is InChI=1S/C33H50N2O9/c1-18(5-11-29(41)43-4)21-6-7-22-31-23(17-25(37)33(21,22)3)32(2)14-13-20(15-19(32)16-24(31)36)34-26(38)8-12-30(42)44-35-27(39)9-10-28(35)40/h18-25,31,36-37H,5-17H2,1-4H3,(H,34,38)/t18-,19+,20+,21-,22+,23+,24-,25+,31+,32+,33-/m1/s1. The zero-order valence-corrected chi connectivity index (χ0v) is 26.6. The van der Waals surface area contributed by atoms with Gasteiger partial charge >= 0.3 is 11.9 Å². The first-order valence-electron chi connectivity index (χ1n) is 16.6. The van der Waals surface area contributed by atoms with Crippen molar-refractivity contribution < 1.29 is 43.8 Å². The van der Waals surface area contributed by atoms with Crippen LogP contribution in [0.3, 0.4) is 0 Å². The summed E-state index contributed by atoms with van der Waals surface area (Å²) in [7, 11) is 1.41. The molecular weight excluding hydrogens is 568 g/mol. The van der Waals surface area contributed by atoms with Crippen molar-refractivity contribution in [1.82, 2.24) is 10.4 Å². The minimum absolute atomic E-state index is 0.0157. The Bertz CT molecular complexity index is 1140. The number of imide groups is 1. The number of aliphatic hydroxyl groups is 2. The molecule has 3 amide bonds. The molecule has 3 N–H and O–H groups in total. The SMILES string of the molecule is COC(=O)CC[C@@H](C)[C@H]1CC[C@H]2[C@@H]3[C@H](O)C[C@@H]4C[C@@H](NC(=O)CCC(=O)ON5C(=O)CCC5=O)CC[C@]4(C)[C@H]3C[C@H](O)[C@]12C. The number of hydroxylamine groups is 2. The van der Waals surface area contributed by atoms with Crippen LogP contribution >= 0.6 is 0 Å². The number of hydrogen-bond donors (Lipinski definition) is 3. The van der Waals surface area contributed by atoms with Crippen molar-refractivity contribution in [2.75, 3.05) is 7.11 Å². The smallest absolute Gasteiger partial charge is 0.333 e. The van der Waals surface area contributed by atoms with Crippen LogP contribution in [0.2, 0.25) is 0 Å². The molecule has 0 bridgehead atoms. The Morgan fingerprint density at radius 1 is 0.955 bits per heavy atom. The van der Waals surface area contributed by atoms with Gasteiger partial charge in [0.25, 0.3) is 11.8 Å². The van der Waals surface area contributed by atoms with E-state index in [4.69, 9.17) is 9.57 Å². The predicted molar refractivity (Wildman–Crippen MR) is 157 cm³/mol. The third kappa shape index (κ3) is 5.90. The Labute approximate surface area is 259 Å². The van der Waals surface area contributed by atoms with Gasteiger partial charge in [-0.1, -0.05) is 20.8 Å². The first kappa shape index (κ1) is 32.9. The second-order valence-corrected chi connectivity index (χ2v) is 14.8. The molecule has 11 atom stereocenters. The van der Waals surface area contributed by atoms with Crippen LogP contribution in [0.15, 0.2) is 0 Å². The maximum atomic E-state index is 12.7. The lowest BCUT2D eigenvalue weighted by molar-refractivity contribution is -0.202. The van der Waals surface area contributed by atoms with Gasteiger partial charge in [0.1, 0.15) is 0 Å². The molecule has 44 heavy (non-hydrogen) atoms. The molecule has 4 saturated carbocycles. The summed E-state index contributed by atoms with van der Waals surface area (Å²) in [4.78, 5) is 64.8. The number of methoxy groups -OCH3 is 1. The van der Waals surface area contributed by atoms with Crippen LogP contribution in [0.5, 0.6) is 0 Å². The van der Waals surface area contributed by atoms with Gasteiger partial charge < -0.3 is 25.1 Å². The number of carbonyl (C=O) groups is 5. The van der Waals surface area contributed by atoms with Crippen molar-refractivity contribution in [2.45, 2.75) is 122 Å². The van der Waals surface area contributed by atoms with Crippen LogP contribution in [0.4, 0.5) is 0 Å². The summed E-state index contributed by atoms with van der Waals surface area (Å²) in [6.45, 7) is 6.72. The van der Waals surface area contributed by atoms with Crippen molar-refractivity contribution >= 4 is 29.7 Å². The van der Waals surface area contributed by atoms with E-state index in [9.17, 15) is 34.2 Å². The Kier molecular flexibility index (Phi) is 9.48. The van der Waals surface area contributed by atoms with Gasteiger partial charge in [-0.15, -0.1) is 5.06 Å². The molecule has 0 aromatic heterocycles. The summed E-state index contributed by atoms with van der Waals surface area (Å²) in [5, 5.41) is 27.0. The number of aliphatic hydroxyl groups excluding tert-OH is 2. The van der Waals surface area contributed by atoms with E-state index in [1.807, 2.05) is 0 Å². The number of rotatable bonds is 9. The lowest BCUT2D eigenvalue weighted by atomic mass is 9.43. The second-order valence-electron chi connectivity index (χ2n) is 14.8. The van der Waals surface area contributed by atoms with Crippen molar-refractivity contribution in [2.24, 2.45) is 46.3 Å². The molecule has 246 valence electrons. The molecule has 5 fully saturated rings. The number of amides is 3. The van der Waals surface area contributed by atoms with Crippen molar-refractivity contribution in [3.05, 3.63) is 0 Å². The molecule has 0 spiro atoms. The lowest BCUT2D eigenvalue weighted by Crippen LogP contribution is -2.63. The van der Waals surface area contributed by atoms with Gasteiger partial charge in [0.15, 0.2) is 0 Å². The van der Waals surface area contributed by atoms with Gasteiger partial charge in [0.05, 0.1) is 25.7 Å². The van der Waals surface area contributed by atoms with Gasteiger partial charge in [0.2, 0.25) is 5.91 Å². The number of ether oxygens (including phenoxy) is 1. The van der Waals surface area contributed by atoms with Gasteiger partial charge in [0, 0.05) is 31.7 Å². The fourth-order valence-corrected chi connectivity index (χ4v) is 10.3. The predicted octanol–water partition coefficient (Wildman–Crippen LogP) is 3.05. The van der Waals surface area contributed by atoms with E-state index in [1.165, 1.54) is 7.11 Å². The zero-order chi connectivity index (χ0) is 32.0. The molecule has 0 radical (unpaired) electrons. The Morgan fingerprint density at radius 2 is 1.66 bits per heavy atom. The topological polar surface area (TPSA) is 160 Å². The average molecular weight is 619 g/mol. The Hall–Kier alpha value is -2.53. The normalized spacial score (nSPS) is 40.5. The molecule has 1 heterocycles. The molecule has 4 aliphatic carbocycles. The van der Waals surface area contributed by atoms with Crippen LogP contribution in [0.25, 0.3) is 0 Å². The van der Waals surface area contributed by atoms with Crippen LogP contribution in [-0.2, 0) is 33.5 Å². The maximum absolute atomic E-state index is 12.7. The molecule has 11 nitrogen and oxygen atoms in total. The maximum Gasteiger partial charge on any atom is 0.333 e. The van der Waals surface area contributed by atoms with Crippen molar-refractivity contribution in [3.63, 3.8) is 0 Å². The first-order valence-corrected chi connectivity index (χ1v) is 16.6. The van der Waals surface area contributed by atoms with E-state index in [-0.39, 0.29) is 89.9 Å². The quantitative estimate of drug-likeness (QED) is 0.261. The number of carbonyl (C=O) groups excluding carboxylic acids is 5. The summed E-state index contributed by atoms with van der Waals surface area (Å²) >= 11 is 0. The largest absolute Gasteiger partial charge is 0.469 e. The van der Waals surface area contributed by atoms with E-state index >= 15 is 0 Å². The molecule has 11 heteroatoms. The van der Waals surface area contributed by atoms with E-state index in [0.717, 1.165) is 38.5 Å².